The van der Waals surface area contributed by atoms with E-state index in [4.69, 9.17) is 4.74 Å². The molecule has 4 heteroatoms. The zero-order valence-corrected chi connectivity index (χ0v) is 14.0. The molecule has 1 atom stereocenters. The molecule has 1 unspecified atom stereocenters. The van der Waals surface area contributed by atoms with Gasteiger partial charge in [0.25, 0.3) is 0 Å². The van der Waals surface area contributed by atoms with Crippen molar-refractivity contribution in [1.82, 2.24) is 5.32 Å². The molecule has 0 aromatic heterocycles. The molecule has 24 heavy (non-hydrogen) atoms. The maximum Gasteiger partial charge on any atom is 0.225 e. The van der Waals surface area contributed by atoms with E-state index in [9.17, 15) is 4.79 Å². The van der Waals surface area contributed by atoms with Crippen LogP contribution in [0.1, 0.15) is 30.4 Å². The lowest BCUT2D eigenvalue weighted by Crippen LogP contribution is -2.27. The summed E-state index contributed by atoms with van der Waals surface area (Å²) in [5, 5.41) is 6.37. The topological polar surface area (TPSA) is 50.4 Å². The van der Waals surface area contributed by atoms with Crippen LogP contribution in [0.4, 0.5) is 5.69 Å². The molecule has 0 aliphatic carbocycles. The van der Waals surface area contributed by atoms with Gasteiger partial charge in [0, 0.05) is 30.1 Å². The van der Waals surface area contributed by atoms with E-state index in [0.29, 0.717) is 12.5 Å². The number of benzene rings is 2. The molecule has 1 saturated heterocycles. The predicted molar refractivity (Wildman–Crippen MR) is 96.5 cm³/mol. The molecule has 0 spiro atoms. The van der Waals surface area contributed by atoms with E-state index in [0.717, 1.165) is 42.8 Å². The molecule has 3 rings (SSSR count). The first-order valence-corrected chi connectivity index (χ1v) is 8.48. The Kier molecular flexibility index (Phi) is 5.49. The second kappa shape index (κ2) is 7.97. The third kappa shape index (κ3) is 4.36. The van der Waals surface area contributed by atoms with E-state index >= 15 is 0 Å². The number of hydrogen-bond donors (Lipinski definition) is 2. The Balaban J connectivity index is 1.69. The van der Waals surface area contributed by atoms with Crippen molar-refractivity contribution in [3.8, 4) is 5.75 Å². The van der Waals surface area contributed by atoms with Crippen LogP contribution in [0.3, 0.4) is 0 Å². The molecule has 1 fully saturated rings. The van der Waals surface area contributed by atoms with Crippen molar-refractivity contribution < 1.29 is 9.53 Å². The number of hydrogen-bond acceptors (Lipinski definition) is 3. The summed E-state index contributed by atoms with van der Waals surface area (Å²) in [5.41, 5.74) is 3.11. The van der Waals surface area contributed by atoms with Crippen molar-refractivity contribution in [2.75, 3.05) is 19.0 Å². The Hall–Kier alpha value is -2.33. The lowest BCUT2D eigenvalue weighted by atomic mass is 10.0. The highest BCUT2D eigenvalue weighted by Crippen LogP contribution is 2.25. The molecule has 0 bridgehead atoms. The Bertz CT molecular complexity index is 679. The summed E-state index contributed by atoms with van der Waals surface area (Å²) < 4.78 is 5.46. The lowest BCUT2D eigenvalue weighted by Gasteiger charge is -2.13. The summed E-state index contributed by atoms with van der Waals surface area (Å²) in [6, 6.07) is 16.4. The van der Waals surface area contributed by atoms with Gasteiger partial charge in [-0.25, -0.2) is 0 Å². The fourth-order valence-electron chi connectivity index (χ4n) is 3.18. The number of methoxy groups -OCH3 is 1. The fourth-order valence-corrected chi connectivity index (χ4v) is 3.18. The third-order valence-electron chi connectivity index (χ3n) is 4.40. The van der Waals surface area contributed by atoms with Crippen LogP contribution in [0, 0.1) is 0 Å². The van der Waals surface area contributed by atoms with Crippen molar-refractivity contribution in [3.63, 3.8) is 0 Å². The quantitative estimate of drug-likeness (QED) is 0.856. The normalized spacial score (nSPS) is 16.8. The standard InChI is InChI=1S/C20H24N2O2/c1-24-19-10-9-18(22-20(23)14-17-8-5-11-21-17)13-16(19)12-15-6-3-2-4-7-15/h2-4,6-7,9-10,13,17,21H,5,8,11-12,14H2,1H3,(H,22,23). The van der Waals surface area contributed by atoms with Crippen LogP contribution in [0.2, 0.25) is 0 Å². The Morgan fingerprint density at radius 3 is 2.79 bits per heavy atom. The van der Waals surface area contributed by atoms with Gasteiger partial charge in [0.1, 0.15) is 5.75 Å². The van der Waals surface area contributed by atoms with Gasteiger partial charge in [-0.05, 0) is 43.1 Å². The van der Waals surface area contributed by atoms with Gasteiger partial charge in [-0.3, -0.25) is 4.79 Å². The molecule has 0 radical (unpaired) electrons. The van der Waals surface area contributed by atoms with E-state index < -0.39 is 0 Å². The van der Waals surface area contributed by atoms with Crippen molar-refractivity contribution >= 4 is 11.6 Å². The summed E-state index contributed by atoms with van der Waals surface area (Å²) in [6.07, 6.45) is 3.54. The minimum atomic E-state index is 0.0604. The number of ether oxygens (including phenoxy) is 1. The van der Waals surface area contributed by atoms with Gasteiger partial charge in [0.2, 0.25) is 5.91 Å². The molecule has 4 nitrogen and oxygen atoms in total. The van der Waals surface area contributed by atoms with Gasteiger partial charge in [-0.1, -0.05) is 30.3 Å². The van der Waals surface area contributed by atoms with Gasteiger partial charge >= 0.3 is 0 Å². The summed E-state index contributed by atoms with van der Waals surface area (Å²) in [5.74, 6) is 0.902. The fraction of sp³-hybridized carbons (Fsp3) is 0.350. The average Bonchev–Trinajstić information content (AvgIpc) is 3.09. The monoisotopic (exact) mass is 324 g/mol. The summed E-state index contributed by atoms with van der Waals surface area (Å²) in [6.45, 7) is 1.02. The number of carbonyl (C=O) groups is 1. The SMILES string of the molecule is COc1ccc(NC(=O)CC2CCCN2)cc1Cc1ccccc1. The Morgan fingerprint density at radius 2 is 2.08 bits per heavy atom. The van der Waals surface area contributed by atoms with Gasteiger partial charge in [-0.2, -0.15) is 0 Å². The zero-order chi connectivity index (χ0) is 16.8. The minimum Gasteiger partial charge on any atom is -0.496 e. The zero-order valence-electron chi connectivity index (χ0n) is 14.0. The number of nitrogens with one attached hydrogen (secondary N) is 2. The smallest absolute Gasteiger partial charge is 0.225 e. The Morgan fingerprint density at radius 1 is 1.25 bits per heavy atom. The highest BCUT2D eigenvalue weighted by atomic mass is 16.5. The average molecular weight is 324 g/mol. The maximum atomic E-state index is 12.2. The molecule has 2 aromatic rings. The molecule has 2 N–H and O–H groups in total. The van der Waals surface area contributed by atoms with E-state index in [1.165, 1.54) is 5.56 Å². The molecule has 126 valence electrons. The summed E-state index contributed by atoms with van der Waals surface area (Å²) in [7, 11) is 1.67. The van der Waals surface area contributed by atoms with Crippen LogP contribution < -0.4 is 15.4 Å². The largest absolute Gasteiger partial charge is 0.496 e. The second-order valence-electron chi connectivity index (χ2n) is 6.23. The van der Waals surface area contributed by atoms with E-state index in [1.54, 1.807) is 7.11 Å². The summed E-state index contributed by atoms with van der Waals surface area (Å²) in [4.78, 5) is 12.2. The van der Waals surface area contributed by atoms with Gasteiger partial charge < -0.3 is 15.4 Å². The van der Waals surface area contributed by atoms with E-state index in [1.807, 2.05) is 36.4 Å². The second-order valence-corrected chi connectivity index (χ2v) is 6.23. The molecule has 1 amide bonds. The molecule has 0 saturated carbocycles. The van der Waals surface area contributed by atoms with Crippen LogP contribution in [-0.2, 0) is 11.2 Å². The molecular formula is C20H24N2O2. The van der Waals surface area contributed by atoms with Crippen LogP contribution in [0.25, 0.3) is 0 Å². The van der Waals surface area contributed by atoms with E-state index in [2.05, 4.69) is 22.8 Å². The minimum absolute atomic E-state index is 0.0604. The highest BCUT2D eigenvalue weighted by Gasteiger charge is 2.18. The third-order valence-corrected chi connectivity index (χ3v) is 4.40. The maximum absolute atomic E-state index is 12.2. The van der Waals surface area contributed by atoms with Crippen molar-refractivity contribution in [2.24, 2.45) is 0 Å². The molecule has 1 heterocycles. The van der Waals surface area contributed by atoms with Crippen LogP contribution in [0.5, 0.6) is 5.75 Å². The van der Waals surface area contributed by atoms with Crippen molar-refractivity contribution in [3.05, 3.63) is 59.7 Å². The van der Waals surface area contributed by atoms with Crippen LogP contribution in [0.15, 0.2) is 48.5 Å². The van der Waals surface area contributed by atoms with Crippen LogP contribution >= 0.6 is 0 Å². The van der Waals surface area contributed by atoms with Crippen LogP contribution in [-0.4, -0.2) is 25.6 Å². The van der Waals surface area contributed by atoms with Gasteiger partial charge in [-0.15, -0.1) is 0 Å². The predicted octanol–water partition coefficient (Wildman–Crippen LogP) is 3.37. The Labute approximate surface area is 143 Å². The molecule has 1 aliphatic heterocycles. The summed E-state index contributed by atoms with van der Waals surface area (Å²) >= 11 is 0. The molecule has 2 aromatic carbocycles. The van der Waals surface area contributed by atoms with Crippen molar-refractivity contribution in [1.29, 1.82) is 0 Å². The first kappa shape index (κ1) is 16.5. The van der Waals surface area contributed by atoms with E-state index in [-0.39, 0.29) is 5.91 Å². The number of amides is 1. The highest BCUT2D eigenvalue weighted by molar-refractivity contribution is 5.91. The molecular weight excluding hydrogens is 300 g/mol. The number of anilines is 1. The number of carbonyl (C=O) groups excluding carboxylic acids is 1. The lowest BCUT2D eigenvalue weighted by molar-refractivity contribution is -0.116. The number of rotatable bonds is 6. The first-order chi connectivity index (χ1) is 11.7. The van der Waals surface area contributed by atoms with Crippen molar-refractivity contribution in [2.45, 2.75) is 31.7 Å². The van der Waals surface area contributed by atoms with Gasteiger partial charge in [0.15, 0.2) is 0 Å². The molecule has 1 aliphatic rings. The first-order valence-electron chi connectivity index (χ1n) is 8.48. The van der Waals surface area contributed by atoms with Gasteiger partial charge in [0.05, 0.1) is 7.11 Å².